The van der Waals surface area contributed by atoms with E-state index in [0.29, 0.717) is 25.1 Å². The van der Waals surface area contributed by atoms with E-state index in [9.17, 15) is 9.59 Å². The number of hydrogen-bond donors (Lipinski definition) is 2. The van der Waals surface area contributed by atoms with Crippen LogP contribution in [0.1, 0.15) is 30.1 Å². The van der Waals surface area contributed by atoms with Gasteiger partial charge >= 0.3 is 0 Å². The van der Waals surface area contributed by atoms with Crippen molar-refractivity contribution in [2.45, 2.75) is 19.8 Å². The molecule has 0 aliphatic heterocycles. The van der Waals surface area contributed by atoms with Crippen molar-refractivity contribution in [3.8, 4) is 0 Å². The molecule has 2 aromatic carbocycles. The van der Waals surface area contributed by atoms with Crippen molar-refractivity contribution in [2.24, 2.45) is 0 Å². The molecule has 110 valence electrons. The lowest BCUT2D eigenvalue weighted by Gasteiger charge is -2.07. The monoisotopic (exact) mass is 284 g/mol. The van der Waals surface area contributed by atoms with Gasteiger partial charge in [-0.15, -0.1) is 0 Å². The molecule has 0 aliphatic carbocycles. The number of benzene rings is 2. The zero-order valence-corrected chi connectivity index (χ0v) is 12.2. The lowest BCUT2D eigenvalue weighted by molar-refractivity contribution is -0.120. The van der Waals surface area contributed by atoms with Crippen LogP contribution in [0.25, 0.3) is 10.8 Å². The van der Waals surface area contributed by atoms with Crippen LogP contribution in [0.2, 0.25) is 0 Å². The Bertz CT molecular complexity index is 637. The predicted octanol–water partition coefficient (Wildman–Crippen LogP) is 2.49. The van der Waals surface area contributed by atoms with E-state index in [0.717, 1.165) is 17.2 Å². The van der Waals surface area contributed by atoms with E-state index < -0.39 is 0 Å². The molecule has 4 heteroatoms. The number of carbonyl (C=O) groups is 2. The molecule has 0 aliphatic rings. The number of hydrogen-bond acceptors (Lipinski definition) is 2. The van der Waals surface area contributed by atoms with Gasteiger partial charge in [-0.25, -0.2) is 0 Å². The maximum Gasteiger partial charge on any atom is 0.251 e. The van der Waals surface area contributed by atoms with Crippen LogP contribution in [0.3, 0.4) is 0 Å². The van der Waals surface area contributed by atoms with E-state index >= 15 is 0 Å². The van der Waals surface area contributed by atoms with E-state index in [4.69, 9.17) is 0 Å². The molecular weight excluding hydrogens is 264 g/mol. The van der Waals surface area contributed by atoms with Gasteiger partial charge in [-0.05, 0) is 29.3 Å². The van der Waals surface area contributed by atoms with Gasteiger partial charge in [0.25, 0.3) is 5.91 Å². The average Bonchev–Trinajstić information content (AvgIpc) is 2.52. The largest absolute Gasteiger partial charge is 0.356 e. The topological polar surface area (TPSA) is 58.2 Å². The highest BCUT2D eigenvalue weighted by Crippen LogP contribution is 2.15. The maximum atomic E-state index is 12.0. The number of carbonyl (C=O) groups excluding carboxylic acids is 2. The summed E-state index contributed by atoms with van der Waals surface area (Å²) >= 11 is 0. The maximum absolute atomic E-state index is 12.0. The van der Waals surface area contributed by atoms with E-state index in [1.165, 1.54) is 0 Å². The molecule has 0 atom stereocenters. The van der Waals surface area contributed by atoms with Crippen molar-refractivity contribution in [1.82, 2.24) is 10.6 Å². The summed E-state index contributed by atoms with van der Waals surface area (Å²) in [6.07, 6.45) is 1.22. The van der Waals surface area contributed by atoms with Crippen molar-refractivity contribution >= 4 is 22.6 Å². The zero-order valence-electron chi connectivity index (χ0n) is 12.2. The summed E-state index contributed by atoms with van der Waals surface area (Å²) in [5.74, 6) is -0.181. The fourth-order valence-corrected chi connectivity index (χ4v) is 2.07. The molecule has 0 aromatic heterocycles. The second-order valence-corrected chi connectivity index (χ2v) is 4.92. The molecular formula is C17H20N2O2. The average molecular weight is 284 g/mol. The van der Waals surface area contributed by atoms with Crippen LogP contribution in [-0.4, -0.2) is 24.9 Å². The number of fused-ring (bicyclic) bond motifs is 1. The molecule has 0 bridgehead atoms. The standard InChI is InChI=1S/C17H20N2O2/c1-2-10-18-16(20)9-11-19-17(21)15-8-7-13-5-3-4-6-14(13)12-15/h3-8,12H,2,9-11H2,1H3,(H,18,20)(H,19,21). The third-order valence-electron chi connectivity index (χ3n) is 3.22. The molecule has 0 saturated heterocycles. The Labute approximate surface area is 124 Å². The Kier molecular flexibility index (Phi) is 5.32. The third-order valence-corrected chi connectivity index (χ3v) is 3.22. The lowest BCUT2D eigenvalue weighted by Crippen LogP contribution is -2.31. The first kappa shape index (κ1) is 15.0. The first-order chi connectivity index (χ1) is 10.2. The predicted molar refractivity (Wildman–Crippen MR) is 84.2 cm³/mol. The van der Waals surface area contributed by atoms with Gasteiger partial charge in [-0.3, -0.25) is 9.59 Å². The minimum Gasteiger partial charge on any atom is -0.356 e. The molecule has 0 fully saturated rings. The third kappa shape index (κ3) is 4.31. The van der Waals surface area contributed by atoms with Gasteiger partial charge in [0, 0.05) is 25.1 Å². The molecule has 2 N–H and O–H groups in total. The highest BCUT2D eigenvalue weighted by atomic mass is 16.2. The highest BCUT2D eigenvalue weighted by molar-refractivity contribution is 5.98. The molecule has 4 nitrogen and oxygen atoms in total. The van der Waals surface area contributed by atoms with Crippen molar-refractivity contribution in [1.29, 1.82) is 0 Å². The second kappa shape index (κ2) is 7.43. The van der Waals surface area contributed by atoms with Crippen molar-refractivity contribution < 1.29 is 9.59 Å². The molecule has 0 unspecified atom stereocenters. The highest BCUT2D eigenvalue weighted by Gasteiger charge is 2.07. The Morgan fingerprint density at radius 2 is 1.71 bits per heavy atom. The van der Waals surface area contributed by atoms with Crippen LogP contribution in [0.4, 0.5) is 0 Å². The van der Waals surface area contributed by atoms with Crippen LogP contribution in [0.5, 0.6) is 0 Å². The summed E-state index contributed by atoms with van der Waals surface area (Å²) in [6.45, 7) is 3.03. The Hall–Kier alpha value is -2.36. The van der Waals surface area contributed by atoms with Gasteiger partial charge in [0.05, 0.1) is 0 Å². The Morgan fingerprint density at radius 1 is 0.952 bits per heavy atom. The molecule has 2 aromatic rings. The SMILES string of the molecule is CCCNC(=O)CCNC(=O)c1ccc2ccccc2c1. The van der Waals surface area contributed by atoms with Gasteiger partial charge in [0.15, 0.2) is 0 Å². The molecule has 2 amide bonds. The fraction of sp³-hybridized carbons (Fsp3) is 0.294. The van der Waals surface area contributed by atoms with Crippen molar-refractivity contribution in [3.05, 3.63) is 48.0 Å². The quantitative estimate of drug-likeness (QED) is 0.856. The lowest BCUT2D eigenvalue weighted by atomic mass is 10.1. The van der Waals surface area contributed by atoms with Gasteiger partial charge < -0.3 is 10.6 Å². The Balaban J connectivity index is 1.88. The van der Waals surface area contributed by atoms with Crippen molar-refractivity contribution in [3.63, 3.8) is 0 Å². The number of rotatable bonds is 6. The molecule has 21 heavy (non-hydrogen) atoms. The van der Waals surface area contributed by atoms with E-state index in [1.54, 1.807) is 6.07 Å². The van der Waals surface area contributed by atoms with Crippen LogP contribution in [-0.2, 0) is 4.79 Å². The second-order valence-electron chi connectivity index (χ2n) is 4.92. The van der Waals surface area contributed by atoms with Crippen LogP contribution in [0.15, 0.2) is 42.5 Å². The summed E-state index contributed by atoms with van der Waals surface area (Å²) in [5.41, 5.74) is 0.614. The summed E-state index contributed by atoms with van der Waals surface area (Å²) < 4.78 is 0. The minimum absolute atomic E-state index is 0.0318. The minimum atomic E-state index is -0.149. The van der Waals surface area contributed by atoms with Gasteiger partial charge in [0.1, 0.15) is 0 Å². The van der Waals surface area contributed by atoms with Crippen molar-refractivity contribution in [2.75, 3.05) is 13.1 Å². The Morgan fingerprint density at radius 3 is 2.48 bits per heavy atom. The van der Waals surface area contributed by atoms with Gasteiger partial charge in [-0.2, -0.15) is 0 Å². The molecule has 0 radical (unpaired) electrons. The van der Waals surface area contributed by atoms with Crippen LogP contribution < -0.4 is 10.6 Å². The van der Waals surface area contributed by atoms with Gasteiger partial charge in [0.2, 0.25) is 5.91 Å². The normalized spacial score (nSPS) is 10.3. The summed E-state index contributed by atoms with van der Waals surface area (Å²) in [4.78, 5) is 23.5. The van der Waals surface area contributed by atoms with E-state index in [1.807, 2.05) is 43.3 Å². The molecule has 2 rings (SSSR count). The molecule has 0 spiro atoms. The first-order valence-corrected chi connectivity index (χ1v) is 7.24. The van der Waals surface area contributed by atoms with Crippen LogP contribution >= 0.6 is 0 Å². The van der Waals surface area contributed by atoms with E-state index in [2.05, 4.69) is 10.6 Å². The summed E-state index contributed by atoms with van der Waals surface area (Å²) in [7, 11) is 0. The number of nitrogens with one attached hydrogen (secondary N) is 2. The van der Waals surface area contributed by atoms with E-state index in [-0.39, 0.29) is 11.8 Å². The first-order valence-electron chi connectivity index (χ1n) is 7.24. The smallest absolute Gasteiger partial charge is 0.251 e. The summed E-state index contributed by atoms with van der Waals surface area (Å²) in [5, 5.41) is 7.69. The zero-order chi connectivity index (χ0) is 15.1. The molecule has 0 heterocycles. The molecule has 0 saturated carbocycles. The van der Waals surface area contributed by atoms with Crippen LogP contribution in [0, 0.1) is 0 Å². The van der Waals surface area contributed by atoms with Gasteiger partial charge in [-0.1, -0.05) is 37.3 Å². The number of amides is 2. The fourth-order valence-electron chi connectivity index (χ4n) is 2.07. The summed E-state index contributed by atoms with van der Waals surface area (Å²) in [6, 6.07) is 13.5.